The van der Waals surface area contributed by atoms with Crippen molar-refractivity contribution in [3.8, 4) is 0 Å². The highest BCUT2D eigenvalue weighted by atomic mass is 127. The molecule has 6 heteroatoms. The van der Waals surface area contributed by atoms with Gasteiger partial charge in [0.15, 0.2) is 5.96 Å². The van der Waals surface area contributed by atoms with E-state index in [1.807, 2.05) is 0 Å². The van der Waals surface area contributed by atoms with Gasteiger partial charge >= 0.3 is 0 Å². The average Bonchev–Trinajstić information content (AvgIpc) is 3.01. The van der Waals surface area contributed by atoms with Crippen molar-refractivity contribution in [3.05, 3.63) is 35.6 Å². The van der Waals surface area contributed by atoms with Gasteiger partial charge in [-0.15, -0.1) is 24.0 Å². The van der Waals surface area contributed by atoms with Gasteiger partial charge in [0, 0.05) is 20.1 Å². The molecule has 1 aromatic carbocycles. The van der Waals surface area contributed by atoms with Crippen molar-refractivity contribution >= 4 is 29.9 Å². The minimum absolute atomic E-state index is 0. The van der Waals surface area contributed by atoms with E-state index in [1.54, 1.807) is 19.2 Å². The molecule has 1 aliphatic heterocycles. The Kier molecular flexibility index (Phi) is 9.38. The van der Waals surface area contributed by atoms with Crippen LogP contribution in [0, 0.1) is 5.82 Å². The number of aliphatic imine (C=N–C) groups is 1. The lowest BCUT2D eigenvalue weighted by atomic mass is 10.2. The highest BCUT2D eigenvalue weighted by molar-refractivity contribution is 14.0. The second-order valence-corrected chi connectivity index (χ2v) is 5.38. The Labute approximate surface area is 149 Å². The fourth-order valence-corrected chi connectivity index (χ4v) is 2.52. The lowest BCUT2D eigenvalue weighted by Crippen LogP contribution is -2.38. The van der Waals surface area contributed by atoms with Crippen LogP contribution in [-0.4, -0.2) is 44.1 Å². The second-order valence-electron chi connectivity index (χ2n) is 5.38. The van der Waals surface area contributed by atoms with Crippen LogP contribution in [0.2, 0.25) is 0 Å². The summed E-state index contributed by atoms with van der Waals surface area (Å²) < 4.78 is 12.8. The molecular weight excluding hydrogens is 394 g/mol. The van der Waals surface area contributed by atoms with Crippen molar-refractivity contribution in [2.75, 3.05) is 33.2 Å². The summed E-state index contributed by atoms with van der Waals surface area (Å²) in [7, 11) is 1.76. The van der Waals surface area contributed by atoms with Gasteiger partial charge in [0.25, 0.3) is 0 Å². The zero-order valence-electron chi connectivity index (χ0n) is 13.1. The summed E-state index contributed by atoms with van der Waals surface area (Å²) in [5, 5.41) is 6.55. The molecule has 0 aliphatic carbocycles. The largest absolute Gasteiger partial charge is 0.356 e. The number of hydrogen-bond donors (Lipinski definition) is 2. The van der Waals surface area contributed by atoms with Gasteiger partial charge in [0.05, 0.1) is 0 Å². The van der Waals surface area contributed by atoms with Crippen LogP contribution in [0.4, 0.5) is 4.39 Å². The summed E-state index contributed by atoms with van der Waals surface area (Å²) >= 11 is 0. The summed E-state index contributed by atoms with van der Waals surface area (Å²) in [6.45, 7) is 5.21. The third-order valence-electron chi connectivity index (χ3n) is 3.74. The second kappa shape index (κ2) is 10.8. The fourth-order valence-electron chi connectivity index (χ4n) is 2.52. The predicted octanol–water partition coefficient (Wildman–Crippen LogP) is 2.59. The smallest absolute Gasteiger partial charge is 0.191 e. The maximum atomic E-state index is 12.8. The quantitative estimate of drug-likeness (QED) is 0.322. The van der Waals surface area contributed by atoms with Crippen LogP contribution in [0.5, 0.6) is 0 Å². The molecule has 4 nitrogen and oxygen atoms in total. The predicted molar refractivity (Wildman–Crippen MR) is 100 cm³/mol. The van der Waals surface area contributed by atoms with E-state index in [9.17, 15) is 4.39 Å². The molecule has 1 aliphatic rings. The molecule has 2 N–H and O–H groups in total. The molecule has 22 heavy (non-hydrogen) atoms. The van der Waals surface area contributed by atoms with Gasteiger partial charge < -0.3 is 15.5 Å². The van der Waals surface area contributed by atoms with Gasteiger partial charge in [0.2, 0.25) is 0 Å². The van der Waals surface area contributed by atoms with Crippen LogP contribution in [0.25, 0.3) is 0 Å². The van der Waals surface area contributed by atoms with Crippen molar-refractivity contribution in [3.63, 3.8) is 0 Å². The SMILES string of the molecule is CN=C(NCCCN1CCCC1)NCc1ccc(F)cc1.I. The van der Waals surface area contributed by atoms with Crippen molar-refractivity contribution in [2.45, 2.75) is 25.8 Å². The Morgan fingerprint density at radius 2 is 1.86 bits per heavy atom. The Morgan fingerprint density at radius 1 is 1.18 bits per heavy atom. The molecule has 0 atom stereocenters. The number of nitrogens with one attached hydrogen (secondary N) is 2. The summed E-state index contributed by atoms with van der Waals surface area (Å²) in [5.41, 5.74) is 1.04. The zero-order chi connectivity index (χ0) is 14.9. The minimum atomic E-state index is -0.205. The van der Waals surface area contributed by atoms with Gasteiger partial charge in [-0.05, 0) is 56.6 Å². The third kappa shape index (κ3) is 6.91. The molecule has 0 spiro atoms. The lowest BCUT2D eigenvalue weighted by molar-refractivity contribution is 0.334. The van der Waals surface area contributed by atoms with Gasteiger partial charge in [0.1, 0.15) is 5.82 Å². The van der Waals surface area contributed by atoms with Crippen LogP contribution in [0.1, 0.15) is 24.8 Å². The summed E-state index contributed by atoms with van der Waals surface area (Å²) in [5.74, 6) is 0.587. The number of halogens is 2. The lowest BCUT2D eigenvalue weighted by Gasteiger charge is -2.16. The number of hydrogen-bond acceptors (Lipinski definition) is 2. The molecular formula is C16H26FIN4. The van der Waals surface area contributed by atoms with Crippen molar-refractivity contribution in [1.29, 1.82) is 0 Å². The highest BCUT2D eigenvalue weighted by Gasteiger charge is 2.10. The van der Waals surface area contributed by atoms with E-state index in [-0.39, 0.29) is 29.8 Å². The maximum Gasteiger partial charge on any atom is 0.191 e. The van der Waals surface area contributed by atoms with Crippen molar-refractivity contribution < 1.29 is 4.39 Å². The Hall–Kier alpha value is -0.890. The first-order valence-corrected chi connectivity index (χ1v) is 7.69. The maximum absolute atomic E-state index is 12.8. The van der Waals surface area contributed by atoms with E-state index >= 15 is 0 Å². The normalized spacial score (nSPS) is 15.5. The highest BCUT2D eigenvalue weighted by Crippen LogP contribution is 2.06. The Morgan fingerprint density at radius 3 is 2.50 bits per heavy atom. The van der Waals surface area contributed by atoms with Crippen molar-refractivity contribution in [1.82, 2.24) is 15.5 Å². The van der Waals surface area contributed by atoms with Gasteiger partial charge in [-0.1, -0.05) is 12.1 Å². The van der Waals surface area contributed by atoms with E-state index in [2.05, 4.69) is 20.5 Å². The first-order valence-electron chi connectivity index (χ1n) is 7.69. The van der Waals surface area contributed by atoms with Crippen LogP contribution in [0.3, 0.4) is 0 Å². The molecule has 0 radical (unpaired) electrons. The Balaban J connectivity index is 0.00000242. The summed E-state index contributed by atoms with van der Waals surface area (Å²) in [4.78, 5) is 6.71. The number of nitrogens with zero attached hydrogens (tertiary/aromatic N) is 2. The molecule has 0 aromatic heterocycles. The van der Waals surface area contributed by atoms with Crippen LogP contribution in [0.15, 0.2) is 29.3 Å². The van der Waals surface area contributed by atoms with E-state index in [0.29, 0.717) is 6.54 Å². The average molecular weight is 420 g/mol. The van der Waals surface area contributed by atoms with Gasteiger partial charge in [-0.3, -0.25) is 4.99 Å². The van der Waals surface area contributed by atoms with E-state index in [0.717, 1.165) is 31.0 Å². The summed E-state index contributed by atoms with van der Waals surface area (Å²) in [6, 6.07) is 6.51. The number of rotatable bonds is 6. The van der Waals surface area contributed by atoms with Gasteiger partial charge in [-0.2, -0.15) is 0 Å². The number of guanidine groups is 1. The minimum Gasteiger partial charge on any atom is -0.356 e. The van der Waals surface area contributed by atoms with Crippen molar-refractivity contribution in [2.24, 2.45) is 4.99 Å². The molecule has 0 bridgehead atoms. The molecule has 0 unspecified atom stereocenters. The topological polar surface area (TPSA) is 39.7 Å². The van der Waals surface area contributed by atoms with E-state index < -0.39 is 0 Å². The number of likely N-dealkylation sites (tertiary alicyclic amines) is 1. The zero-order valence-corrected chi connectivity index (χ0v) is 15.5. The summed E-state index contributed by atoms with van der Waals surface area (Å²) in [6.07, 6.45) is 3.81. The number of benzene rings is 1. The van der Waals surface area contributed by atoms with E-state index in [1.165, 1.54) is 38.1 Å². The first-order chi connectivity index (χ1) is 10.3. The van der Waals surface area contributed by atoms with Crippen LogP contribution < -0.4 is 10.6 Å². The van der Waals surface area contributed by atoms with Crippen LogP contribution in [-0.2, 0) is 6.54 Å². The molecule has 0 amide bonds. The Bertz CT molecular complexity index is 444. The molecule has 1 heterocycles. The monoisotopic (exact) mass is 420 g/mol. The third-order valence-corrected chi connectivity index (χ3v) is 3.74. The van der Waals surface area contributed by atoms with Gasteiger partial charge in [-0.25, -0.2) is 4.39 Å². The van der Waals surface area contributed by atoms with E-state index in [4.69, 9.17) is 0 Å². The van der Waals surface area contributed by atoms with Crippen LogP contribution >= 0.6 is 24.0 Å². The fraction of sp³-hybridized carbons (Fsp3) is 0.562. The molecule has 2 rings (SSSR count). The molecule has 124 valence electrons. The molecule has 1 aromatic rings. The molecule has 1 fully saturated rings. The molecule has 0 saturated carbocycles. The first kappa shape index (κ1) is 19.2. The molecule has 1 saturated heterocycles. The standard InChI is InChI=1S/C16H25FN4.HI/c1-18-16(19-9-4-12-21-10-2-3-11-21)20-13-14-5-7-15(17)8-6-14;/h5-8H,2-4,9-13H2,1H3,(H2,18,19,20);1H.